The fourth-order valence-corrected chi connectivity index (χ4v) is 2.23. The Labute approximate surface area is 137 Å². The normalized spacial score (nSPS) is 12.9. The van der Waals surface area contributed by atoms with Crippen LogP contribution in [0.2, 0.25) is 0 Å². The highest BCUT2D eigenvalue weighted by atomic mass is 35.5. The van der Waals surface area contributed by atoms with Crippen molar-refractivity contribution >= 4 is 12.4 Å². The molecule has 2 aromatic carbocycles. The first-order valence-corrected chi connectivity index (χ1v) is 6.84. The molecule has 2 aromatic rings. The summed E-state index contributed by atoms with van der Waals surface area (Å²) < 4.78 is 10.5. The first-order valence-electron chi connectivity index (χ1n) is 6.84. The summed E-state index contributed by atoms with van der Waals surface area (Å²) in [6, 6.07) is 14.7. The second-order valence-electron chi connectivity index (χ2n) is 4.93. The molecule has 0 aliphatic rings. The van der Waals surface area contributed by atoms with Gasteiger partial charge in [-0.3, -0.25) is 0 Å². The molecule has 3 N–H and O–H groups in total. The second-order valence-corrected chi connectivity index (χ2v) is 4.93. The summed E-state index contributed by atoms with van der Waals surface area (Å²) >= 11 is 0. The molecule has 0 saturated carbocycles. The van der Waals surface area contributed by atoms with Crippen LogP contribution in [0.3, 0.4) is 0 Å². The molecule has 0 spiro atoms. The van der Waals surface area contributed by atoms with E-state index in [-0.39, 0.29) is 12.4 Å². The minimum absolute atomic E-state index is 0. The van der Waals surface area contributed by atoms with Crippen LogP contribution in [0, 0.1) is 0 Å². The zero-order chi connectivity index (χ0) is 15.2. The summed E-state index contributed by atoms with van der Waals surface area (Å²) in [5, 5.41) is 10.3. The molecule has 2 rings (SSSR count). The number of benzene rings is 2. The first kappa shape index (κ1) is 18.3. The topological polar surface area (TPSA) is 64.7 Å². The molecule has 120 valence electrons. The highest BCUT2D eigenvalue weighted by Crippen LogP contribution is 2.27. The van der Waals surface area contributed by atoms with E-state index in [1.54, 1.807) is 20.3 Å². The van der Waals surface area contributed by atoms with Gasteiger partial charge in [0.1, 0.15) is 11.5 Å². The van der Waals surface area contributed by atoms with Crippen LogP contribution >= 0.6 is 12.4 Å². The van der Waals surface area contributed by atoms with Crippen molar-refractivity contribution < 1.29 is 14.6 Å². The SMILES string of the molecule is COc1cc(OC)cc([C@H](N)[C@H](O)Cc2ccccc2)c1.Cl. The summed E-state index contributed by atoms with van der Waals surface area (Å²) in [5.74, 6) is 1.32. The highest BCUT2D eigenvalue weighted by Gasteiger charge is 2.19. The molecular weight excluding hydrogens is 302 g/mol. The zero-order valence-electron chi connectivity index (χ0n) is 12.7. The van der Waals surface area contributed by atoms with Gasteiger partial charge < -0.3 is 20.3 Å². The van der Waals surface area contributed by atoms with Gasteiger partial charge in [0.2, 0.25) is 0 Å². The summed E-state index contributed by atoms with van der Waals surface area (Å²) in [6.45, 7) is 0. The lowest BCUT2D eigenvalue weighted by atomic mass is 9.96. The van der Waals surface area contributed by atoms with Crippen molar-refractivity contribution in [2.24, 2.45) is 5.73 Å². The number of rotatable bonds is 6. The predicted molar refractivity (Wildman–Crippen MR) is 89.9 cm³/mol. The molecule has 0 amide bonds. The third kappa shape index (κ3) is 4.63. The van der Waals surface area contributed by atoms with Gasteiger partial charge in [0.15, 0.2) is 0 Å². The van der Waals surface area contributed by atoms with E-state index in [0.29, 0.717) is 17.9 Å². The van der Waals surface area contributed by atoms with E-state index in [9.17, 15) is 5.11 Å². The summed E-state index contributed by atoms with van der Waals surface area (Å²) in [7, 11) is 3.18. The predicted octanol–water partition coefficient (Wildman–Crippen LogP) is 2.73. The standard InChI is InChI=1S/C17H21NO3.ClH/c1-20-14-9-13(10-15(11-14)21-2)17(18)16(19)8-12-6-4-3-5-7-12;/h3-7,9-11,16-17,19H,8,18H2,1-2H3;1H/t16-,17+;/m1./s1. The Morgan fingerprint density at radius 2 is 1.55 bits per heavy atom. The third-order valence-electron chi connectivity index (χ3n) is 3.46. The molecule has 2 atom stereocenters. The molecular formula is C17H22ClNO3. The fourth-order valence-electron chi connectivity index (χ4n) is 2.23. The zero-order valence-corrected chi connectivity index (χ0v) is 13.5. The highest BCUT2D eigenvalue weighted by molar-refractivity contribution is 5.85. The number of aliphatic hydroxyl groups is 1. The Morgan fingerprint density at radius 3 is 2.05 bits per heavy atom. The summed E-state index contributed by atoms with van der Waals surface area (Å²) in [4.78, 5) is 0. The van der Waals surface area contributed by atoms with Crippen molar-refractivity contribution in [3.05, 3.63) is 59.7 Å². The van der Waals surface area contributed by atoms with Gasteiger partial charge in [0.25, 0.3) is 0 Å². The number of ether oxygens (including phenoxy) is 2. The van der Waals surface area contributed by atoms with Crippen LogP contribution in [-0.2, 0) is 6.42 Å². The smallest absolute Gasteiger partial charge is 0.122 e. The molecule has 0 aliphatic carbocycles. The van der Waals surface area contributed by atoms with Crippen LogP contribution in [0.5, 0.6) is 11.5 Å². The lowest BCUT2D eigenvalue weighted by molar-refractivity contribution is 0.145. The van der Waals surface area contributed by atoms with Gasteiger partial charge in [-0.2, -0.15) is 0 Å². The molecule has 4 nitrogen and oxygen atoms in total. The van der Waals surface area contributed by atoms with Gasteiger partial charge in [0, 0.05) is 12.5 Å². The minimum Gasteiger partial charge on any atom is -0.497 e. The van der Waals surface area contributed by atoms with E-state index in [1.807, 2.05) is 42.5 Å². The molecule has 5 heteroatoms. The fraction of sp³-hybridized carbons (Fsp3) is 0.294. The van der Waals surface area contributed by atoms with Crippen LogP contribution in [0.25, 0.3) is 0 Å². The van der Waals surface area contributed by atoms with Crippen molar-refractivity contribution in [3.63, 3.8) is 0 Å². The van der Waals surface area contributed by atoms with Crippen LogP contribution in [0.15, 0.2) is 48.5 Å². The average Bonchev–Trinajstić information content (AvgIpc) is 2.54. The number of nitrogens with two attached hydrogens (primary N) is 1. The maximum atomic E-state index is 10.3. The Hall–Kier alpha value is -1.75. The monoisotopic (exact) mass is 323 g/mol. The van der Waals surface area contributed by atoms with Crippen molar-refractivity contribution in [2.75, 3.05) is 14.2 Å². The van der Waals surface area contributed by atoms with Crippen molar-refractivity contribution in [1.29, 1.82) is 0 Å². The molecule has 0 bridgehead atoms. The van der Waals surface area contributed by atoms with Gasteiger partial charge >= 0.3 is 0 Å². The summed E-state index contributed by atoms with van der Waals surface area (Å²) in [6.07, 6.45) is -0.175. The molecule has 0 aliphatic heterocycles. The quantitative estimate of drug-likeness (QED) is 0.858. The number of aliphatic hydroxyl groups excluding tert-OH is 1. The second kappa shape index (κ2) is 8.63. The van der Waals surface area contributed by atoms with Crippen LogP contribution < -0.4 is 15.2 Å². The lowest BCUT2D eigenvalue weighted by Gasteiger charge is -2.20. The van der Waals surface area contributed by atoms with Crippen molar-refractivity contribution in [3.8, 4) is 11.5 Å². The van der Waals surface area contributed by atoms with E-state index in [2.05, 4.69) is 0 Å². The third-order valence-corrected chi connectivity index (χ3v) is 3.46. The van der Waals surface area contributed by atoms with Crippen LogP contribution in [-0.4, -0.2) is 25.4 Å². The van der Waals surface area contributed by atoms with E-state index in [0.717, 1.165) is 11.1 Å². The van der Waals surface area contributed by atoms with Gasteiger partial charge in [-0.05, 0) is 23.3 Å². The summed E-state index contributed by atoms with van der Waals surface area (Å²) in [5.41, 5.74) is 8.01. The Bertz CT molecular complexity index is 555. The number of halogens is 1. The van der Waals surface area contributed by atoms with Crippen molar-refractivity contribution in [1.82, 2.24) is 0 Å². The average molecular weight is 324 g/mol. The van der Waals surface area contributed by atoms with E-state index in [1.165, 1.54) is 0 Å². The van der Waals surface area contributed by atoms with E-state index in [4.69, 9.17) is 15.2 Å². The Balaban J connectivity index is 0.00000242. The van der Waals surface area contributed by atoms with Crippen LogP contribution in [0.4, 0.5) is 0 Å². The molecule has 0 fully saturated rings. The first-order chi connectivity index (χ1) is 10.1. The maximum Gasteiger partial charge on any atom is 0.122 e. The lowest BCUT2D eigenvalue weighted by Crippen LogP contribution is -2.28. The number of hydrogen-bond donors (Lipinski definition) is 2. The van der Waals surface area contributed by atoms with E-state index >= 15 is 0 Å². The van der Waals surface area contributed by atoms with Gasteiger partial charge in [-0.1, -0.05) is 30.3 Å². The van der Waals surface area contributed by atoms with E-state index < -0.39 is 12.1 Å². The molecule has 22 heavy (non-hydrogen) atoms. The number of methoxy groups -OCH3 is 2. The van der Waals surface area contributed by atoms with Gasteiger partial charge in [0.05, 0.1) is 26.4 Å². The molecule has 0 saturated heterocycles. The van der Waals surface area contributed by atoms with Crippen molar-refractivity contribution in [2.45, 2.75) is 18.6 Å². The molecule has 0 unspecified atom stereocenters. The van der Waals surface area contributed by atoms with Gasteiger partial charge in [-0.15, -0.1) is 12.4 Å². The minimum atomic E-state index is -0.677. The maximum absolute atomic E-state index is 10.3. The van der Waals surface area contributed by atoms with Crippen LogP contribution in [0.1, 0.15) is 17.2 Å². The largest absolute Gasteiger partial charge is 0.497 e. The molecule has 0 aromatic heterocycles. The molecule has 0 heterocycles. The Morgan fingerprint density at radius 1 is 1.00 bits per heavy atom. The Kier molecular flexibility index (Phi) is 7.18. The van der Waals surface area contributed by atoms with Gasteiger partial charge in [-0.25, -0.2) is 0 Å². The molecule has 0 radical (unpaired) electrons. The number of hydrogen-bond acceptors (Lipinski definition) is 4.